The van der Waals surface area contributed by atoms with Crippen LogP contribution in [-0.2, 0) is 0 Å². The number of pyridine rings is 1. The second-order valence-corrected chi connectivity index (χ2v) is 6.26. The van der Waals surface area contributed by atoms with Crippen molar-refractivity contribution in [3.8, 4) is 0 Å². The summed E-state index contributed by atoms with van der Waals surface area (Å²) in [5.41, 5.74) is 6.18. The molecule has 0 amide bonds. The maximum Gasteiger partial charge on any atom is 0.186 e. The molecule has 1 saturated heterocycles. The van der Waals surface area contributed by atoms with E-state index in [1.165, 1.54) is 6.20 Å². The summed E-state index contributed by atoms with van der Waals surface area (Å²) >= 11 is 5.74. The van der Waals surface area contributed by atoms with Gasteiger partial charge in [0, 0.05) is 24.8 Å². The summed E-state index contributed by atoms with van der Waals surface area (Å²) in [6.07, 6.45) is 3.46. The van der Waals surface area contributed by atoms with Crippen molar-refractivity contribution in [2.24, 2.45) is 5.73 Å². The molecule has 0 bridgehead atoms. The van der Waals surface area contributed by atoms with Crippen LogP contribution in [0.1, 0.15) is 25.6 Å². The zero-order valence-electron chi connectivity index (χ0n) is 12.0. The van der Waals surface area contributed by atoms with Gasteiger partial charge in [-0.25, -0.2) is 19.3 Å². The molecule has 0 saturated carbocycles. The number of piperidine rings is 1. The first-order valence-electron chi connectivity index (χ1n) is 6.89. The van der Waals surface area contributed by atoms with Gasteiger partial charge in [-0.05, 0) is 26.7 Å². The Balaban J connectivity index is 2.16. The molecule has 0 spiro atoms. The van der Waals surface area contributed by atoms with Gasteiger partial charge in [-0.15, -0.1) is 0 Å². The van der Waals surface area contributed by atoms with Crippen molar-refractivity contribution in [3.63, 3.8) is 0 Å². The maximum absolute atomic E-state index is 14.1. The van der Waals surface area contributed by atoms with Crippen LogP contribution in [0, 0.1) is 12.7 Å². The average molecular weight is 310 g/mol. The zero-order valence-corrected chi connectivity index (χ0v) is 12.8. The Morgan fingerprint density at radius 1 is 1.43 bits per heavy atom. The molecule has 3 rings (SSSR count). The van der Waals surface area contributed by atoms with Crippen LogP contribution in [0.25, 0.3) is 10.9 Å². The molecular formula is C14H17ClFN5. The van der Waals surface area contributed by atoms with Gasteiger partial charge in [0.25, 0.3) is 0 Å². The Hall–Kier alpha value is -1.53. The molecule has 1 aliphatic rings. The zero-order chi connectivity index (χ0) is 15.2. The van der Waals surface area contributed by atoms with E-state index in [-0.39, 0.29) is 16.2 Å². The van der Waals surface area contributed by atoms with Crippen LogP contribution in [0.4, 0.5) is 10.2 Å². The second kappa shape index (κ2) is 5.03. The SMILES string of the molecule is Cc1nc(N2CCC[C@@](C)(N)C2)c2cnc(Cl)c(F)c2n1. The first-order chi connectivity index (χ1) is 9.87. The topological polar surface area (TPSA) is 67.9 Å². The number of rotatable bonds is 1. The van der Waals surface area contributed by atoms with Crippen LogP contribution in [-0.4, -0.2) is 33.6 Å². The molecule has 7 heteroatoms. The summed E-state index contributed by atoms with van der Waals surface area (Å²) in [6, 6.07) is 0. The number of hydrogen-bond donors (Lipinski definition) is 1. The lowest BCUT2D eigenvalue weighted by Crippen LogP contribution is -2.52. The van der Waals surface area contributed by atoms with Crippen LogP contribution in [0.2, 0.25) is 5.15 Å². The molecule has 1 aliphatic heterocycles. The number of fused-ring (bicyclic) bond motifs is 1. The van der Waals surface area contributed by atoms with E-state index < -0.39 is 5.82 Å². The summed E-state index contributed by atoms with van der Waals surface area (Å²) in [4.78, 5) is 14.6. The minimum Gasteiger partial charge on any atom is -0.354 e. The summed E-state index contributed by atoms with van der Waals surface area (Å²) < 4.78 is 14.1. The molecule has 0 radical (unpaired) electrons. The van der Waals surface area contributed by atoms with Gasteiger partial charge in [0.05, 0.1) is 5.39 Å². The van der Waals surface area contributed by atoms with Crippen molar-refractivity contribution in [1.82, 2.24) is 15.0 Å². The van der Waals surface area contributed by atoms with Crippen LogP contribution < -0.4 is 10.6 Å². The van der Waals surface area contributed by atoms with Crippen LogP contribution >= 0.6 is 11.6 Å². The first kappa shape index (κ1) is 14.4. The number of nitrogens with zero attached hydrogens (tertiary/aromatic N) is 4. The number of nitrogens with two attached hydrogens (primary N) is 1. The monoisotopic (exact) mass is 309 g/mol. The summed E-state index contributed by atoms with van der Waals surface area (Å²) in [5, 5.41) is 0.397. The van der Waals surface area contributed by atoms with Gasteiger partial charge in [0.1, 0.15) is 17.2 Å². The second-order valence-electron chi connectivity index (χ2n) is 5.90. The highest BCUT2D eigenvalue weighted by Crippen LogP contribution is 2.30. The molecule has 0 aromatic carbocycles. The van der Waals surface area contributed by atoms with Crippen LogP contribution in [0.3, 0.4) is 0 Å². The molecule has 5 nitrogen and oxygen atoms in total. The molecule has 1 atom stereocenters. The first-order valence-corrected chi connectivity index (χ1v) is 7.27. The fourth-order valence-corrected chi connectivity index (χ4v) is 2.96. The largest absolute Gasteiger partial charge is 0.354 e. The van der Waals surface area contributed by atoms with Crippen molar-refractivity contribution >= 4 is 28.3 Å². The van der Waals surface area contributed by atoms with Crippen molar-refractivity contribution in [2.75, 3.05) is 18.0 Å². The molecule has 2 N–H and O–H groups in total. The van der Waals surface area contributed by atoms with Crippen LogP contribution in [0.15, 0.2) is 6.20 Å². The van der Waals surface area contributed by atoms with E-state index in [9.17, 15) is 4.39 Å². The fourth-order valence-electron chi connectivity index (χ4n) is 2.82. The summed E-state index contributed by atoms with van der Waals surface area (Å²) in [6.45, 7) is 5.26. The van der Waals surface area contributed by atoms with Gasteiger partial charge in [-0.3, -0.25) is 0 Å². The molecule has 1 fully saturated rings. The van der Waals surface area contributed by atoms with Gasteiger partial charge in [-0.2, -0.15) is 0 Å². The highest BCUT2D eigenvalue weighted by Gasteiger charge is 2.29. The maximum atomic E-state index is 14.1. The van der Waals surface area contributed by atoms with Gasteiger partial charge >= 0.3 is 0 Å². The molecule has 112 valence electrons. The molecular weight excluding hydrogens is 293 g/mol. The summed E-state index contributed by atoms with van der Waals surface area (Å²) in [5.74, 6) is 0.577. The lowest BCUT2D eigenvalue weighted by atomic mass is 9.92. The van der Waals surface area contributed by atoms with Gasteiger partial charge < -0.3 is 10.6 Å². The Morgan fingerprint density at radius 3 is 2.90 bits per heavy atom. The molecule has 0 unspecified atom stereocenters. The van der Waals surface area contributed by atoms with Crippen LogP contribution in [0.5, 0.6) is 0 Å². The average Bonchev–Trinajstić information content (AvgIpc) is 2.41. The highest BCUT2D eigenvalue weighted by atomic mass is 35.5. The van der Waals surface area contributed by atoms with Crippen molar-refractivity contribution in [3.05, 3.63) is 23.0 Å². The molecule has 21 heavy (non-hydrogen) atoms. The van der Waals surface area contributed by atoms with E-state index in [4.69, 9.17) is 17.3 Å². The minimum atomic E-state index is -0.603. The summed E-state index contributed by atoms with van der Waals surface area (Å²) in [7, 11) is 0. The Bertz CT molecular complexity index is 703. The molecule has 2 aromatic rings. The van der Waals surface area contributed by atoms with Gasteiger partial charge in [0.15, 0.2) is 11.0 Å². The smallest absolute Gasteiger partial charge is 0.186 e. The van der Waals surface area contributed by atoms with E-state index in [2.05, 4.69) is 19.9 Å². The molecule has 2 aromatic heterocycles. The Morgan fingerprint density at radius 2 is 2.19 bits per heavy atom. The quantitative estimate of drug-likeness (QED) is 0.820. The molecule has 3 heterocycles. The molecule has 0 aliphatic carbocycles. The number of halogens is 2. The Kier molecular flexibility index (Phi) is 3.45. The van der Waals surface area contributed by atoms with E-state index in [0.717, 1.165) is 19.4 Å². The van der Waals surface area contributed by atoms with Crippen molar-refractivity contribution in [2.45, 2.75) is 32.2 Å². The number of hydrogen-bond acceptors (Lipinski definition) is 5. The minimum absolute atomic E-state index is 0.172. The standard InChI is InChI=1S/C14H17ClFN5/c1-8-19-11-9(6-18-12(15)10(11)16)13(20-8)21-5-3-4-14(2,17)7-21/h6H,3-5,7,17H2,1-2H3/t14-/m1/s1. The predicted molar refractivity (Wildman–Crippen MR) is 81.1 cm³/mol. The number of anilines is 1. The van der Waals surface area contributed by atoms with Crippen molar-refractivity contribution < 1.29 is 4.39 Å². The predicted octanol–water partition coefficient (Wildman–Crippen LogP) is 2.44. The third-order valence-corrected chi connectivity index (χ3v) is 4.02. The van der Waals surface area contributed by atoms with Crippen molar-refractivity contribution in [1.29, 1.82) is 0 Å². The van der Waals surface area contributed by atoms with E-state index in [0.29, 0.717) is 23.6 Å². The number of aryl methyl sites for hydroxylation is 1. The normalized spacial score (nSPS) is 22.8. The fraction of sp³-hybridized carbons (Fsp3) is 0.500. The lowest BCUT2D eigenvalue weighted by Gasteiger charge is -2.38. The Labute approximate surface area is 127 Å². The van der Waals surface area contributed by atoms with Gasteiger partial charge in [0.2, 0.25) is 0 Å². The number of aromatic nitrogens is 3. The van der Waals surface area contributed by atoms with E-state index >= 15 is 0 Å². The lowest BCUT2D eigenvalue weighted by molar-refractivity contribution is 0.373. The third kappa shape index (κ3) is 2.65. The van der Waals surface area contributed by atoms with E-state index in [1.54, 1.807) is 6.92 Å². The van der Waals surface area contributed by atoms with Gasteiger partial charge in [-0.1, -0.05) is 11.6 Å². The third-order valence-electron chi connectivity index (χ3n) is 3.76. The van der Waals surface area contributed by atoms with E-state index in [1.807, 2.05) is 6.92 Å². The highest BCUT2D eigenvalue weighted by molar-refractivity contribution is 6.30.